The second-order valence-electron chi connectivity index (χ2n) is 11.9. The third kappa shape index (κ3) is 7.69. The van der Waals surface area contributed by atoms with Gasteiger partial charge in [-0.2, -0.15) is 4.90 Å². The molecule has 0 aliphatic carbocycles. The van der Waals surface area contributed by atoms with Crippen LogP contribution in [0.5, 0.6) is 0 Å². The highest BCUT2D eigenvalue weighted by atomic mass is 16.6. The molecule has 2 atom stereocenters. The van der Waals surface area contributed by atoms with Crippen LogP contribution in [0.2, 0.25) is 0 Å². The Morgan fingerprint density at radius 2 is 1.56 bits per heavy atom. The van der Waals surface area contributed by atoms with Gasteiger partial charge in [-0.05, 0) is 102 Å². The van der Waals surface area contributed by atoms with E-state index in [0.29, 0.717) is 5.39 Å². The Morgan fingerprint density at radius 3 is 2.10 bits per heavy atom. The van der Waals surface area contributed by atoms with Crippen LogP contribution in [0.1, 0.15) is 84.0 Å². The van der Waals surface area contributed by atoms with E-state index in [4.69, 9.17) is 9.47 Å². The largest absolute Gasteiger partial charge is 0.443 e. The number of anilines is 2. The summed E-state index contributed by atoms with van der Waals surface area (Å²) in [5, 5.41) is 14.4. The molecule has 0 aliphatic heterocycles. The van der Waals surface area contributed by atoms with Crippen LogP contribution in [-0.2, 0) is 9.47 Å². The van der Waals surface area contributed by atoms with Gasteiger partial charge in [-0.1, -0.05) is 25.1 Å². The van der Waals surface area contributed by atoms with Crippen molar-refractivity contribution in [2.75, 3.05) is 16.8 Å². The lowest BCUT2D eigenvalue weighted by atomic mass is 9.93. The van der Waals surface area contributed by atoms with Gasteiger partial charge in [-0.3, -0.25) is 0 Å². The maximum Gasteiger partial charge on any atom is 0.425 e. The summed E-state index contributed by atoms with van der Waals surface area (Å²) in [6, 6.07) is 13.8. The molecule has 2 aromatic carbocycles. The third-order valence-electron chi connectivity index (χ3n) is 6.09. The van der Waals surface area contributed by atoms with E-state index in [0.717, 1.165) is 32.7 Å². The molecule has 0 aliphatic rings. The molecule has 39 heavy (non-hydrogen) atoms. The third-order valence-corrected chi connectivity index (χ3v) is 6.09. The summed E-state index contributed by atoms with van der Waals surface area (Å²) in [5.74, 6) is 0.228. The molecule has 0 saturated heterocycles. The summed E-state index contributed by atoms with van der Waals surface area (Å²) in [4.78, 5) is 31.5. The van der Waals surface area contributed by atoms with E-state index in [9.17, 15) is 14.7 Å². The summed E-state index contributed by atoms with van der Waals surface area (Å²) < 4.78 is 11.0. The zero-order chi connectivity index (χ0) is 29.1. The lowest BCUT2D eigenvalue weighted by Gasteiger charge is -2.28. The first kappa shape index (κ1) is 29.9. The van der Waals surface area contributed by atoms with Crippen molar-refractivity contribution >= 4 is 34.5 Å². The average molecular weight is 536 g/mol. The van der Waals surface area contributed by atoms with Gasteiger partial charge in [0.05, 0.1) is 0 Å². The smallest absolute Gasteiger partial charge is 0.425 e. The minimum Gasteiger partial charge on any atom is -0.443 e. The normalized spacial score (nSPS) is 13.5. The van der Waals surface area contributed by atoms with Crippen molar-refractivity contribution in [3.63, 3.8) is 0 Å². The molecule has 0 bridgehead atoms. The number of aliphatic hydroxyl groups excluding tert-OH is 1. The second-order valence-corrected chi connectivity index (χ2v) is 11.9. The number of hydrogen-bond acceptors (Lipinski definition) is 7. The van der Waals surface area contributed by atoms with Gasteiger partial charge in [0.2, 0.25) is 0 Å². The predicted molar refractivity (Wildman–Crippen MR) is 155 cm³/mol. The SMILES string of the molecule is Cc1cc(C(C)Nc2ccc3c(N(C(=O)OC(C)(C)C)C(=O)OC(C)(C)C)nccc3c2)ccc1C(C)CO. The number of imide groups is 1. The molecular weight excluding hydrogens is 494 g/mol. The Bertz CT molecular complexity index is 1310. The molecule has 2 amide bonds. The van der Waals surface area contributed by atoms with Gasteiger partial charge in [0.25, 0.3) is 0 Å². The quantitative estimate of drug-likeness (QED) is 0.337. The van der Waals surface area contributed by atoms with Crippen LogP contribution in [0, 0.1) is 6.92 Å². The number of hydrogen-bond donors (Lipinski definition) is 2. The van der Waals surface area contributed by atoms with E-state index >= 15 is 0 Å². The van der Waals surface area contributed by atoms with Gasteiger partial charge >= 0.3 is 12.2 Å². The van der Waals surface area contributed by atoms with Gasteiger partial charge in [-0.15, -0.1) is 0 Å². The number of amides is 2. The van der Waals surface area contributed by atoms with Crippen LogP contribution in [0.15, 0.2) is 48.7 Å². The van der Waals surface area contributed by atoms with Crippen LogP contribution in [0.25, 0.3) is 10.8 Å². The zero-order valence-electron chi connectivity index (χ0n) is 24.5. The molecule has 0 radical (unpaired) electrons. The number of fused-ring (bicyclic) bond motifs is 1. The molecule has 8 nitrogen and oxygen atoms in total. The summed E-state index contributed by atoms with van der Waals surface area (Å²) in [5.41, 5.74) is 2.64. The number of carbonyl (C=O) groups is 2. The van der Waals surface area contributed by atoms with Crippen LogP contribution < -0.4 is 10.2 Å². The highest BCUT2D eigenvalue weighted by Gasteiger charge is 2.34. The maximum atomic E-state index is 13.1. The predicted octanol–water partition coefficient (Wildman–Crippen LogP) is 7.49. The summed E-state index contributed by atoms with van der Waals surface area (Å²) in [7, 11) is 0. The fourth-order valence-corrected chi connectivity index (χ4v) is 4.25. The Balaban J connectivity index is 1.94. The van der Waals surface area contributed by atoms with Crippen molar-refractivity contribution in [2.24, 2.45) is 0 Å². The first-order valence-corrected chi connectivity index (χ1v) is 13.2. The van der Waals surface area contributed by atoms with Crippen LogP contribution in [0.4, 0.5) is 21.1 Å². The van der Waals surface area contributed by atoms with E-state index in [-0.39, 0.29) is 24.4 Å². The molecule has 0 fully saturated rings. The fraction of sp³-hybridized carbons (Fsp3) is 0.452. The number of rotatable bonds is 6. The molecule has 1 heterocycles. The first-order valence-electron chi connectivity index (χ1n) is 13.2. The number of pyridine rings is 1. The number of nitrogens with one attached hydrogen (secondary N) is 1. The molecule has 3 rings (SSSR count). The summed E-state index contributed by atoms with van der Waals surface area (Å²) >= 11 is 0. The fourth-order valence-electron chi connectivity index (χ4n) is 4.25. The van der Waals surface area contributed by atoms with E-state index in [1.807, 2.05) is 31.2 Å². The minimum atomic E-state index is -0.859. The first-order chi connectivity index (χ1) is 18.1. The van der Waals surface area contributed by atoms with Crippen LogP contribution in [0.3, 0.4) is 0 Å². The molecule has 0 saturated carbocycles. The molecule has 8 heteroatoms. The lowest BCUT2D eigenvalue weighted by Crippen LogP contribution is -2.44. The van der Waals surface area contributed by atoms with Crippen LogP contribution in [-0.4, -0.2) is 40.1 Å². The van der Waals surface area contributed by atoms with Crippen molar-refractivity contribution in [1.82, 2.24) is 4.98 Å². The number of carbonyl (C=O) groups excluding carboxylic acids is 2. The number of aliphatic hydroxyl groups is 1. The lowest BCUT2D eigenvalue weighted by molar-refractivity contribution is 0.0429. The number of nitrogens with zero attached hydrogens (tertiary/aromatic N) is 2. The molecule has 210 valence electrons. The number of aryl methyl sites for hydroxylation is 1. The highest BCUT2D eigenvalue weighted by Crippen LogP contribution is 2.31. The Kier molecular flexibility index (Phi) is 8.91. The van der Waals surface area contributed by atoms with Gasteiger partial charge in [0.1, 0.15) is 11.2 Å². The zero-order valence-corrected chi connectivity index (χ0v) is 24.5. The molecular formula is C31H41N3O5. The van der Waals surface area contributed by atoms with Crippen molar-refractivity contribution in [3.05, 3.63) is 65.4 Å². The summed E-state index contributed by atoms with van der Waals surface area (Å²) in [6.07, 6.45) is -0.166. The van der Waals surface area contributed by atoms with Gasteiger partial charge in [-0.25, -0.2) is 14.6 Å². The number of aromatic nitrogens is 1. The Morgan fingerprint density at radius 1 is 0.949 bits per heavy atom. The molecule has 0 spiro atoms. The van der Waals surface area contributed by atoms with Crippen molar-refractivity contribution in [1.29, 1.82) is 0 Å². The average Bonchev–Trinajstić information content (AvgIpc) is 2.81. The van der Waals surface area contributed by atoms with Crippen molar-refractivity contribution < 1.29 is 24.2 Å². The minimum absolute atomic E-state index is 0.0148. The van der Waals surface area contributed by atoms with Gasteiger partial charge < -0.3 is 19.9 Å². The monoisotopic (exact) mass is 535 g/mol. The summed E-state index contributed by atoms with van der Waals surface area (Å²) in [6.45, 7) is 16.7. The standard InChI is InChI=1S/C31H41N3O5/c1-19-16-22(10-12-25(19)20(2)18-35)21(3)33-24-11-13-26-23(17-24)14-15-32-27(26)34(28(36)38-30(4,5)6)29(37)39-31(7,8)9/h10-17,20-21,33,35H,18H2,1-9H3. The van der Waals surface area contributed by atoms with Gasteiger partial charge in [0.15, 0.2) is 5.82 Å². The molecule has 2 N–H and O–H groups in total. The van der Waals surface area contributed by atoms with Crippen LogP contribution >= 0.6 is 0 Å². The van der Waals surface area contributed by atoms with E-state index in [2.05, 4.69) is 42.3 Å². The van der Waals surface area contributed by atoms with Crippen molar-refractivity contribution in [3.8, 4) is 0 Å². The number of ether oxygens (including phenoxy) is 2. The Labute approximate surface area is 231 Å². The topological polar surface area (TPSA) is 101 Å². The molecule has 3 aromatic rings. The van der Waals surface area contributed by atoms with E-state index < -0.39 is 23.4 Å². The Hall–Kier alpha value is -3.65. The second kappa shape index (κ2) is 11.6. The van der Waals surface area contributed by atoms with Gasteiger partial charge in [0, 0.05) is 35.8 Å². The maximum absolute atomic E-state index is 13.1. The van der Waals surface area contributed by atoms with E-state index in [1.54, 1.807) is 47.7 Å². The highest BCUT2D eigenvalue weighted by molar-refractivity contribution is 6.14. The van der Waals surface area contributed by atoms with E-state index in [1.165, 1.54) is 0 Å². The number of benzene rings is 2. The molecule has 1 aromatic heterocycles. The molecule has 2 unspecified atom stereocenters. The van der Waals surface area contributed by atoms with Crippen molar-refractivity contribution in [2.45, 2.75) is 85.5 Å².